The molecule has 0 fully saturated rings. The zero-order chi connectivity index (χ0) is 19.2. The number of carbonyl (C=O) groups excluding carboxylic acids is 1. The van der Waals surface area contributed by atoms with Crippen molar-refractivity contribution >= 4 is 28.4 Å². The fourth-order valence-corrected chi connectivity index (χ4v) is 2.88. The van der Waals surface area contributed by atoms with Gasteiger partial charge in [0, 0.05) is 17.1 Å². The summed E-state index contributed by atoms with van der Waals surface area (Å²) in [7, 11) is 4.66. The van der Waals surface area contributed by atoms with Gasteiger partial charge in [-0.2, -0.15) is 0 Å². The lowest BCUT2D eigenvalue weighted by Crippen LogP contribution is -2.08. The molecule has 0 aliphatic heterocycles. The standard InChI is InChI=1S/C22H21NO4/c1-25-19-13-15(14-20(26-2)22(19)27-3)11-12-21(24)23-18-10-6-8-16-7-4-5-9-17(16)18/h4-14H,1-3H3,(H,23,24). The van der Waals surface area contributed by atoms with Gasteiger partial charge in [0.2, 0.25) is 11.7 Å². The summed E-state index contributed by atoms with van der Waals surface area (Å²) < 4.78 is 16.0. The second-order valence-corrected chi connectivity index (χ2v) is 5.81. The average Bonchev–Trinajstić information content (AvgIpc) is 2.71. The van der Waals surface area contributed by atoms with Gasteiger partial charge in [-0.05, 0) is 35.2 Å². The van der Waals surface area contributed by atoms with Crippen LogP contribution in [-0.4, -0.2) is 27.2 Å². The van der Waals surface area contributed by atoms with Crippen LogP contribution in [0, 0.1) is 0 Å². The molecule has 0 spiro atoms. The maximum Gasteiger partial charge on any atom is 0.248 e. The van der Waals surface area contributed by atoms with Gasteiger partial charge in [-0.1, -0.05) is 36.4 Å². The number of rotatable bonds is 6. The van der Waals surface area contributed by atoms with Crippen LogP contribution in [0.25, 0.3) is 16.8 Å². The second-order valence-electron chi connectivity index (χ2n) is 5.81. The van der Waals surface area contributed by atoms with Crippen LogP contribution in [0.15, 0.2) is 60.7 Å². The first-order valence-corrected chi connectivity index (χ1v) is 8.43. The van der Waals surface area contributed by atoms with Gasteiger partial charge >= 0.3 is 0 Å². The third kappa shape index (κ3) is 4.03. The largest absolute Gasteiger partial charge is 0.493 e. The lowest BCUT2D eigenvalue weighted by atomic mass is 10.1. The van der Waals surface area contributed by atoms with Crippen LogP contribution < -0.4 is 19.5 Å². The third-order valence-corrected chi connectivity index (χ3v) is 4.16. The summed E-state index contributed by atoms with van der Waals surface area (Å²) in [5.74, 6) is 1.36. The molecule has 0 aliphatic rings. The summed E-state index contributed by atoms with van der Waals surface area (Å²) in [6, 6.07) is 17.3. The Kier molecular flexibility index (Phi) is 5.61. The van der Waals surface area contributed by atoms with E-state index in [1.165, 1.54) is 6.08 Å². The van der Waals surface area contributed by atoms with Crippen molar-refractivity contribution in [2.45, 2.75) is 0 Å². The molecular weight excluding hydrogens is 342 g/mol. The van der Waals surface area contributed by atoms with Crippen molar-refractivity contribution in [2.24, 2.45) is 0 Å². The van der Waals surface area contributed by atoms with Crippen molar-refractivity contribution in [3.8, 4) is 17.2 Å². The van der Waals surface area contributed by atoms with E-state index in [1.54, 1.807) is 39.5 Å². The Labute approximate surface area is 158 Å². The molecule has 1 N–H and O–H groups in total. The Morgan fingerprint density at radius 3 is 2.22 bits per heavy atom. The molecule has 0 saturated heterocycles. The number of methoxy groups -OCH3 is 3. The molecule has 0 unspecified atom stereocenters. The highest BCUT2D eigenvalue weighted by atomic mass is 16.5. The molecule has 138 valence electrons. The minimum Gasteiger partial charge on any atom is -0.493 e. The summed E-state index contributed by atoms with van der Waals surface area (Å²) >= 11 is 0. The van der Waals surface area contributed by atoms with Gasteiger partial charge < -0.3 is 19.5 Å². The van der Waals surface area contributed by atoms with Crippen molar-refractivity contribution in [1.82, 2.24) is 0 Å². The third-order valence-electron chi connectivity index (χ3n) is 4.16. The van der Waals surface area contributed by atoms with Gasteiger partial charge in [0.25, 0.3) is 0 Å². The Morgan fingerprint density at radius 1 is 0.889 bits per heavy atom. The maximum absolute atomic E-state index is 12.4. The average molecular weight is 363 g/mol. The highest BCUT2D eigenvalue weighted by Gasteiger charge is 2.12. The Morgan fingerprint density at radius 2 is 1.56 bits per heavy atom. The summed E-state index contributed by atoms with van der Waals surface area (Å²) in [4.78, 5) is 12.4. The SMILES string of the molecule is COc1cc(C=CC(=O)Nc2cccc3ccccc23)cc(OC)c1OC. The first-order valence-electron chi connectivity index (χ1n) is 8.43. The van der Waals surface area contributed by atoms with Crippen LogP contribution in [0.3, 0.4) is 0 Å². The quantitative estimate of drug-likeness (QED) is 0.654. The molecule has 3 rings (SSSR count). The van der Waals surface area contributed by atoms with E-state index < -0.39 is 0 Å². The van der Waals surface area contributed by atoms with E-state index in [4.69, 9.17) is 14.2 Å². The molecule has 0 aromatic heterocycles. The lowest BCUT2D eigenvalue weighted by molar-refractivity contribution is -0.111. The van der Waals surface area contributed by atoms with Gasteiger partial charge in [-0.25, -0.2) is 0 Å². The van der Waals surface area contributed by atoms with Gasteiger partial charge in [0.1, 0.15) is 0 Å². The normalized spacial score (nSPS) is 10.8. The number of amides is 1. The first kappa shape index (κ1) is 18.3. The number of nitrogens with one attached hydrogen (secondary N) is 1. The van der Waals surface area contributed by atoms with Crippen molar-refractivity contribution in [2.75, 3.05) is 26.6 Å². The summed E-state index contributed by atoms with van der Waals surface area (Å²) in [6.07, 6.45) is 3.17. The van der Waals surface area contributed by atoms with Gasteiger partial charge in [0.15, 0.2) is 11.5 Å². The highest BCUT2D eigenvalue weighted by molar-refractivity contribution is 6.07. The second kappa shape index (κ2) is 8.27. The van der Waals surface area contributed by atoms with Crippen molar-refractivity contribution in [3.05, 3.63) is 66.2 Å². The molecule has 3 aromatic rings. The van der Waals surface area contributed by atoms with Gasteiger partial charge in [0.05, 0.1) is 21.3 Å². The van der Waals surface area contributed by atoms with Crippen molar-refractivity contribution in [3.63, 3.8) is 0 Å². The van der Waals surface area contributed by atoms with Crippen LogP contribution in [-0.2, 0) is 4.79 Å². The molecule has 5 nitrogen and oxygen atoms in total. The lowest BCUT2D eigenvalue weighted by Gasteiger charge is -2.12. The van der Waals surface area contributed by atoms with E-state index in [2.05, 4.69) is 5.32 Å². The summed E-state index contributed by atoms with van der Waals surface area (Å²) in [5.41, 5.74) is 1.53. The molecule has 0 saturated carbocycles. The highest BCUT2D eigenvalue weighted by Crippen LogP contribution is 2.38. The summed E-state index contributed by atoms with van der Waals surface area (Å²) in [5, 5.41) is 4.99. The molecule has 5 heteroatoms. The van der Waals surface area contributed by atoms with E-state index in [-0.39, 0.29) is 5.91 Å². The number of hydrogen-bond donors (Lipinski definition) is 1. The number of hydrogen-bond acceptors (Lipinski definition) is 4. The van der Waals surface area contributed by atoms with E-state index in [0.717, 1.165) is 22.0 Å². The van der Waals surface area contributed by atoms with E-state index in [1.807, 2.05) is 42.5 Å². The number of ether oxygens (including phenoxy) is 3. The van der Waals surface area contributed by atoms with Crippen molar-refractivity contribution in [1.29, 1.82) is 0 Å². The number of carbonyl (C=O) groups is 1. The smallest absolute Gasteiger partial charge is 0.248 e. The molecule has 0 atom stereocenters. The van der Waals surface area contributed by atoms with Crippen LogP contribution in [0.4, 0.5) is 5.69 Å². The molecular formula is C22H21NO4. The number of anilines is 1. The summed E-state index contributed by atoms with van der Waals surface area (Å²) in [6.45, 7) is 0. The van der Waals surface area contributed by atoms with E-state index in [0.29, 0.717) is 17.2 Å². The molecule has 27 heavy (non-hydrogen) atoms. The van der Waals surface area contributed by atoms with Crippen LogP contribution in [0.1, 0.15) is 5.56 Å². The van der Waals surface area contributed by atoms with Crippen LogP contribution in [0.5, 0.6) is 17.2 Å². The monoisotopic (exact) mass is 363 g/mol. The fourth-order valence-electron chi connectivity index (χ4n) is 2.88. The molecule has 0 aliphatic carbocycles. The van der Waals surface area contributed by atoms with E-state index >= 15 is 0 Å². The number of fused-ring (bicyclic) bond motifs is 1. The topological polar surface area (TPSA) is 56.8 Å². The maximum atomic E-state index is 12.4. The Hall–Kier alpha value is -3.47. The zero-order valence-electron chi connectivity index (χ0n) is 15.5. The molecule has 0 bridgehead atoms. The molecule has 3 aromatic carbocycles. The Bertz CT molecular complexity index is 964. The van der Waals surface area contributed by atoms with Gasteiger partial charge in [-0.3, -0.25) is 4.79 Å². The predicted octanol–water partition coefficient (Wildman–Crippen LogP) is 4.52. The zero-order valence-corrected chi connectivity index (χ0v) is 15.5. The van der Waals surface area contributed by atoms with Crippen molar-refractivity contribution < 1.29 is 19.0 Å². The fraction of sp³-hybridized carbons (Fsp3) is 0.136. The predicted molar refractivity (Wildman–Crippen MR) is 108 cm³/mol. The molecule has 0 radical (unpaired) electrons. The first-order chi connectivity index (χ1) is 13.2. The minimum atomic E-state index is -0.222. The van der Waals surface area contributed by atoms with Crippen LogP contribution >= 0.6 is 0 Å². The van der Waals surface area contributed by atoms with Crippen LogP contribution in [0.2, 0.25) is 0 Å². The molecule has 0 heterocycles. The minimum absolute atomic E-state index is 0.222. The van der Waals surface area contributed by atoms with E-state index in [9.17, 15) is 4.79 Å². The molecule has 1 amide bonds. The number of benzene rings is 3. The Balaban J connectivity index is 1.82. The van der Waals surface area contributed by atoms with Gasteiger partial charge in [-0.15, -0.1) is 0 Å².